The molecule has 0 spiro atoms. The number of benzene rings is 2. The van der Waals surface area contributed by atoms with Crippen molar-refractivity contribution in [3.8, 4) is 11.5 Å². The summed E-state index contributed by atoms with van der Waals surface area (Å²) in [7, 11) is 5.26. The summed E-state index contributed by atoms with van der Waals surface area (Å²) in [5.41, 5.74) is -0.347. The molecular formula is C25H29F4N3O3. The summed E-state index contributed by atoms with van der Waals surface area (Å²) in [6.07, 6.45) is -1.55. The molecule has 1 aliphatic heterocycles. The van der Waals surface area contributed by atoms with Crippen molar-refractivity contribution in [2.24, 2.45) is 0 Å². The molecule has 0 unspecified atom stereocenters. The number of ether oxygens (including phenoxy) is 2. The van der Waals surface area contributed by atoms with Gasteiger partial charge in [0.25, 0.3) is 0 Å². The van der Waals surface area contributed by atoms with E-state index in [-0.39, 0.29) is 23.2 Å². The first-order chi connectivity index (χ1) is 16.6. The molecule has 3 atom stereocenters. The third-order valence-corrected chi connectivity index (χ3v) is 7.30. The predicted molar refractivity (Wildman–Crippen MR) is 123 cm³/mol. The minimum atomic E-state index is -4.71. The molecule has 2 amide bonds. The lowest BCUT2D eigenvalue weighted by atomic mass is 9.65. The molecule has 0 radical (unpaired) electrons. The number of carbonyl (C=O) groups excluding carboxylic acids is 1. The lowest BCUT2D eigenvalue weighted by Crippen LogP contribution is -2.52. The number of methoxy groups -OCH3 is 2. The number of nitrogens with zero attached hydrogens (tertiary/aromatic N) is 1. The minimum absolute atomic E-state index is 0.104. The Morgan fingerprint density at radius 2 is 1.83 bits per heavy atom. The van der Waals surface area contributed by atoms with Crippen LogP contribution in [0.4, 0.5) is 28.0 Å². The molecule has 190 valence electrons. The summed E-state index contributed by atoms with van der Waals surface area (Å²) >= 11 is 0. The number of likely N-dealkylation sites (N-methyl/N-ethyl adjacent to an activating group) is 1. The first kappa shape index (κ1) is 25.1. The van der Waals surface area contributed by atoms with Crippen LogP contribution in [0.2, 0.25) is 0 Å². The normalized spacial score (nSPS) is 24.5. The van der Waals surface area contributed by atoms with Gasteiger partial charge in [0.05, 0.1) is 19.8 Å². The van der Waals surface area contributed by atoms with Crippen molar-refractivity contribution in [2.75, 3.05) is 33.1 Å². The number of carbonyl (C=O) groups is 1. The van der Waals surface area contributed by atoms with Gasteiger partial charge in [0.2, 0.25) is 0 Å². The van der Waals surface area contributed by atoms with E-state index in [1.165, 1.54) is 0 Å². The maximum atomic E-state index is 13.7. The molecule has 1 saturated heterocycles. The molecule has 2 aliphatic rings. The van der Waals surface area contributed by atoms with E-state index in [0.717, 1.165) is 37.1 Å². The van der Waals surface area contributed by atoms with Gasteiger partial charge in [0.15, 0.2) is 11.5 Å². The second-order valence-corrected chi connectivity index (χ2v) is 9.27. The van der Waals surface area contributed by atoms with Crippen molar-refractivity contribution in [3.05, 3.63) is 53.3 Å². The Balaban J connectivity index is 1.47. The fourth-order valence-electron chi connectivity index (χ4n) is 5.57. The quantitative estimate of drug-likeness (QED) is 0.562. The number of alkyl halides is 3. The number of rotatable bonds is 5. The fraction of sp³-hybridized carbons (Fsp3) is 0.480. The molecule has 6 nitrogen and oxygen atoms in total. The SMILES string of the molecule is COc1ccc([C@@]23CC[C@H](NC(=O)Nc4cc(F)cc(C(F)(F)F)c4)C[C@H]2N(C)CC3)cc1OC. The lowest BCUT2D eigenvalue weighted by molar-refractivity contribution is -0.137. The number of amides is 2. The van der Waals surface area contributed by atoms with Gasteiger partial charge in [0.1, 0.15) is 5.82 Å². The number of urea groups is 1. The molecule has 2 fully saturated rings. The molecule has 1 saturated carbocycles. The van der Waals surface area contributed by atoms with Gasteiger partial charge in [-0.2, -0.15) is 13.2 Å². The minimum Gasteiger partial charge on any atom is -0.493 e. The van der Waals surface area contributed by atoms with Crippen LogP contribution in [-0.4, -0.2) is 50.8 Å². The predicted octanol–water partition coefficient (Wildman–Crippen LogP) is 5.18. The van der Waals surface area contributed by atoms with Gasteiger partial charge in [-0.25, -0.2) is 9.18 Å². The second kappa shape index (κ2) is 9.56. The number of anilines is 1. The largest absolute Gasteiger partial charge is 0.493 e. The Morgan fingerprint density at radius 3 is 2.51 bits per heavy atom. The van der Waals surface area contributed by atoms with Crippen molar-refractivity contribution >= 4 is 11.7 Å². The van der Waals surface area contributed by atoms with Crippen LogP contribution in [0.15, 0.2) is 36.4 Å². The fourth-order valence-corrected chi connectivity index (χ4v) is 5.57. The van der Waals surface area contributed by atoms with Crippen molar-refractivity contribution in [1.82, 2.24) is 10.2 Å². The smallest absolute Gasteiger partial charge is 0.416 e. The van der Waals surface area contributed by atoms with Crippen molar-refractivity contribution in [1.29, 1.82) is 0 Å². The van der Waals surface area contributed by atoms with Crippen LogP contribution in [0.5, 0.6) is 11.5 Å². The average molecular weight is 496 g/mol. The van der Waals surface area contributed by atoms with Crippen molar-refractivity contribution < 1.29 is 31.8 Å². The van der Waals surface area contributed by atoms with Crippen LogP contribution < -0.4 is 20.1 Å². The van der Waals surface area contributed by atoms with Gasteiger partial charge in [-0.05, 0) is 75.2 Å². The number of halogens is 4. The number of hydrogen-bond acceptors (Lipinski definition) is 4. The summed E-state index contributed by atoms with van der Waals surface area (Å²) in [6, 6.07) is 7.30. The Bertz CT molecular complexity index is 1090. The topological polar surface area (TPSA) is 62.8 Å². The van der Waals surface area contributed by atoms with E-state index in [2.05, 4.69) is 28.6 Å². The highest BCUT2D eigenvalue weighted by Crippen LogP contribution is 2.49. The number of hydrogen-bond donors (Lipinski definition) is 2. The van der Waals surface area contributed by atoms with Crippen molar-refractivity contribution in [2.45, 2.75) is 49.4 Å². The third kappa shape index (κ3) is 5.03. The van der Waals surface area contributed by atoms with Gasteiger partial charge in [-0.3, -0.25) is 0 Å². The van der Waals surface area contributed by atoms with Gasteiger partial charge in [0, 0.05) is 23.2 Å². The van der Waals surface area contributed by atoms with E-state index in [4.69, 9.17) is 9.47 Å². The number of nitrogens with one attached hydrogen (secondary N) is 2. The molecular weight excluding hydrogens is 466 g/mol. The Kier molecular flexibility index (Phi) is 6.86. The molecule has 0 aromatic heterocycles. The first-order valence-electron chi connectivity index (χ1n) is 11.4. The Labute approximate surface area is 201 Å². The summed E-state index contributed by atoms with van der Waals surface area (Å²) in [5, 5.41) is 5.21. The molecule has 1 heterocycles. The third-order valence-electron chi connectivity index (χ3n) is 7.30. The van der Waals surface area contributed by atoms with Crippen molar-refractivity contribution in [3.63, 3.8) is 0 Å². The molecule has 2 aromatic carbocycles. The van der Waals surface area contributed by atoms with Gasteiger partial charge < -0.3 is 25.0 Å². The number of likely N-dealkylation sites (tertiary alicyclic amines) is 1. The highest BCUT2D eigenvalue weighted by Gasteiger charge is 2.50. The van der Waals surface area contributed by atoms with E-state index in [9.17, 15) is 22.4 Å². The summed E-state index contributed by atoms with van der Waals surface area (Å²) < 4.78 is 63.5. The standard InChI is InChI=1S/C25H29F4N3O3/c1-32-9-8-24(15-4-5-20(34-2)21(12-15)35-3)7-6-18(14-22(24)32)30-23(33)31-19-11-16(25(27,28)29)10-17(26)13-19/h4-5,10-13,18,22H,6-9,14H2,1-3H3,(H2,30,31,33)/t18-,22+,24-/m0/s1. The zero-order chi connectivity index (χ0) is 25.4. The first-order valence-corrected chi connectivity index (χ1v) is 11.4. The van der Waals surface area contributed by atoms with Crippen LogP contribution in [0.25, 0.3) is 0 Å². The lowest BCUT2D eigenvalue weighted by Gasteiger charge is -2.45. The average Bonchev–Trinajstić information content (AvgIpc) is 3.14. The maximum absolute atomic E-state index is 13.7. The van der Waals surface area contributed by atoms with Crippen LogP contribution in [0, 0.1) is 5.82 Å². The van der Waals surface area contributed by atoms with E-state index in [0.29, 0.717) is 30.4 Å². The molecule has 4 rings (SSSR count). The molecule has 35 heavy (non-hydrogen) atoms. The molecule has 10 heteroatoms. The highest BCUT2D eigenvalue weighted by atomic mass is 19.4. The van der Waals surface area contributed by atoms with E-state index < -0.39 is 23.6 Å². The van der Waals surface area contributed by atoms with E-state index in [1.54, 1.807) is 14.2 Å². The number of fused-ring (bicyclic) bond motifs is 1. The zero-order valence-corrected chi connectivity index (χ0v) is 19.8. The molecule has 0 bridgehead atoms. The van der Waals surface area contributed by atoms with E-state index >= 15 is 0 Å². The Hall–Kier alpha value is -3.01. The molecule has 1 aliphatic carbocycles. The summed E-state index contributed by atoms with van der Waals surface area (Å²) in [4.78, 5) is 14.8. The van der Waals surface area contributed by atoms with Crippen LogP contribution in [0.3, 0.4) is 0 Å². The highest BCUT2D eigenvalue weighted by molar-refractivity contribution is 5.89. The maximum Gasteiger partial charge on any atom is 0.416 e. The van der Waals surface area contributed by atoms with Crippen LogP contribution in [-0.2, 0) is 11.6 Å². The van der Waals surface area contributed by atoms with Crippen LogP contribution >= 0.6 is 0 Å². The van der Waals surface area contributed by atoms with Gasteiger partial charge in [-0.1, -0.05) is 6.07 Å². The molecule has 2 N–H and O–H groups in total. The van der Waals surface area contributed by atoms with Crippen LogP contribution in [0.1, 0.15) is 36.8 Å². The Morgan fingerprint density at radius 1 is 1.09 bits per heavy atom. The zero-order valence-electron chi connectivity index (χ0n) is 19.8. The molecule has 2 aromatic rings. The van der Waals surface area contributed by atoms with Gasteiger partial charge in [-0.15, -0.1) is 0 Å². The monoisotopic (exact) mass is 495 g/mol. The van der Waals surface area contributed by atoms with E-state index in [1.807, 2.05) is 12.1 Å². The summed E-state index contributed by atoms with van der Waals surface area (Å²) in [6.45, 7) is 0.904. The van der Waals surface area contributed by atoms with Gasteiger partial charge >= 0.3 is 12.2 Å². The second-order valence-electron chi connectivity index (χ2n) is 9.27. The summed E-state index contributed by atoms with van der Waals surface area (Å²) in [5.74, 6) is 0.259.